The van der Waals surface area contributed by atoms with Gasteiger partial charge >= 0.3 is 5.97 Å². The predicted octanol–water partition coefficient (Wildman–Crippen LogP) is 3.00. The normalized spacial score (nSPS) is 11.9. The number of para-hydroxylation sites is 1. The first-order valence-corrected chi connectivity index (χ1v) is 9.91. The van der Waals surface area contributed by atoms with Crippen LogP contribution >= 0.6 is 0 Å². The molecule has 3 aromatic rings. The number of ether oxygens (including phenoxy) is 1. The van der Waals surface area contributed by atoms with E-state index in [1.54, 1.807) is 57.3 Å². The SMILES string of the molecule is Cc1nc2ccccc2c(=O)n1CCC(=O)OCC(=O)N(C)[C@H](C)c1ccc(F)cc1. The highest BCUT2D eigenvalue weighted by molar-refractivity contribution is 5.81. The van der Waals surface area contributed by atoms with Crippen LogP contribution in [-0.2, 0) is 20.9 Å². The molecule has 1 aromatic heterocycles. The molecule has 0 spiro atoms. The Morgan fingerprint density at radius 1 is 1.16 bits per heavy atom. The van der Waals surface area contributed by atoms with Gasteiger partial charge in [0.1, 0.15) is 11.6 Å². The average Bonchev–Trinajstić information content (AvgIpc) is 2.76. The van der Waals surface area contributed by atoms with Crippen LogP contribution in [0.1, 0.15) is 30.8 Å². The number of nitrogens with zero attached hydrogens (tertiary/aromatic N) is 3. The van der Waals surface area contributed by atoms with Crippen LogP contribution < -0.4 is 5.56 Å². The first-order valence-electron chi connectivity index (χ1n) is 9.91. The van der Waals surface area contributed by atoms with Crippen molar-refractivity contribution in [3.63, 3.8) is 0 Å². The minimum Gasteiger partial charge on any atom is -0.456 e. The van der Waals surface area contributed by atoms with Gasteiger partial charge in [0.25, 0.3) is 11.5 Å². The zero-order valence-corrected chi connectivity index (χ0v) is 17.7. The first kappa shape index (κ1) is 22.1. The molecule has 0 saturated heterocycles. The molecule has 8 heteroatoms. The number of likely N-dealkylation sites (N-methyl/N-ethyl adjacent to an activating group) is 1. The van der Waals surface area contributed by atoms with E-state index in [1.807, 2.05) is 0 Å². The Hall–Kier alpha value is -3.55. The summed E-state index contributed by atoms with van der Waals surface area (Å²) < 4.78 is 19.6. The number of halogens is 1. The van der Waals surface area contributed by atoms with Crippen LogP contribution in [0.3, 0.4) is 0 Å². The molecule has 0 bridgehead atoms. The molecule has 0 aliphatic heterocycles. The summed E-state index contributed by atoms with van der Waals surface area (Å²) in [5.41, 5.74) is 1.15. The average molecular weight is 425 g/mol. The second-order valence-corrected chi connectivity index (χ2v) is 7.28. The van der Waals surface area contributed by atoms with E-state index < -0.39 is 12.6 Å². The third kappa shape index (κ3) is 5.14. The molecule has 1 atom stereocenters. The predicted molar refractivity (Wildman–Crippen MR) is 114 cm³/mol. The van der Waals surface area contributed by atoms with Crippen LogP contribution in [0.5, 0.6) is 0 Å². The lowest BCUT2D eigenvalue weighted by Gasteiger charge is -2.25. The third-order valence-electron chi connectivity index (χ3n) is 5.28. The molecule has 0 aliphatic carbocycles. The Morgan fingerprint density at radius 3 is 2.55 bits per heavy atom. The van der Waals surface area contributed by atoms with Gasteiger partial charge < -0.3 is 9.64 Å². The van der Waals surface area contributed by atoms with E-state index in [1.165, 1.54) is 21.6 Å². The Bertz CT molecular complexity index is 1160. The molecule has 7 nitrogen and oxygen atoms in total. The van der Waals surface area contributed by atoms with E-state index in [-0.39, 0.29) is 36.3 Å². The van der Waals surface area contributed by atoms with Crippen molar-refractivity contribution >= 4 is 22.8 Å². The number of rotatable bonds is 7. The fourth-order valence-electron chi connectivity index (χ4n) is 3.24. The number of hydrogen-bond acceptors (Lipinski definition) is 5. The largest absolute Gasteiger partial charge is 0.456 e. The lowest BCUT2D eigenvalue weighted by molar-refractivity contribution is -0.152. The van der Waals surface area contributed by atoms with Gasteiger partial charge in [-0.2, -0.15) is 0 Å². The van der Waals surface area contributed by atoms with Gasteiger partial charge in [-0.15, -0.1) is 0 Å². The molecule has 1 heterocycles. The van der Waals surface area contributed by atoms with Crippen LogP contribution in [0.15, 0.2) is 53.3 Å². The van der Waals surface area contributed by atoms with E-state index in [4.69, 9.17) is 4.74 Å². The lowest BCUT2D eigenvalue weighted by atomic mass is 10.1. The molecule has 162 valence electrons. The fraction of sp³-hybridized carbons (Fsp3) is 0.304. The van der Waals surface area contributed by atoms with Crippen molar-refractivity contribution in [1.29, 1.82) is 0 Å². The number of benzene rings is 2. The van der Waals surface area contributed by atoms with Crippen molar-refractivity contribution in [2.45, 2.75) is 32.9 Å². The number of fused-ring (bicyclic) bond motifs is 1. The van der Waals surface area contributed by atoms with E-state index in [9.17, 15) is 18.8 Å². The highest BCUT2D eigenvalue weighted by atomic mass is 19.1. The smallest absolute Gasteiger partial charge is 0.308 e. The van der Waals surface area contributed by atoms with Crippen LogP contribution in [0.4, 0.5) is 4.39 Å². The van der Waals surface area contributed by atoms with Gasteiger partial charge in [0.15, 0.2) is 6.61 Å². The van der Waals surface area contributed by atoms with E-state index in [0.717, 1.165) is 5.56 Å². The molecule has 0 radical (unpaired) electrons. The number of amides is 1. The van der Waals surface area contributed by atoms with E-state index in [0.29, 0.717) is 16.7 Å². The summed E-state index contributed by atoms with van der Waals surface area (Å²) in [6.07, 6.45) is -0.0642. The van der Waals surface area contributed by atoms with Gasteiger partial charge in [0.2, 0.25) is 0 Å². The number of aryl methyl sites for hydroxylation is 1. The topological polar surface area (TPSA) is 81.5 Å². The van der Waals surface area contributed by atoms with E-state index >= 15 is 0 Å². The summed E-state index contributed by atoms with van der Waals surface area (Å²) in [6, 6.07) is 12.6. The van der Waals surface area contributed by atoms with Gasteiger partial charge in [0.05, 0.1) is 23.4 Å². The molecule has 3 rings (SSSR count). The maximum atomic E-state index is 13.1. The second kappa shape index (κ2) is 9.51. The van der Waals surface area contributed by atoms with Gasteiger partial charge in [0, 0.05) is 13.6 Å². The minimum atomic E-state index is -0.587. The fourth-order valence-corrected chi connectivity index (χ4v) is 3.24. The molecule has 0 saturated carbocycles. The maximum Gasteiger partial charge on any atom is 0.308 e. The Morgan fingerprint density at radius 2 is 1.84 bits per heavy atom. The van der Waals surface area contributed by atoms with Gasteiger partial charge in [-0.25, -0.2) is 9.37 Å². The van der Waals surface area contributed by atoms with Crippen molar-refractivity contribution in [2.75, 3.05) is 13.7 Å². The first-order chi connectivity index (χ1) is 14.8. The number of hydrogen-bond donors (Lipinski definition) is 0. The Labute approximate surface area is 179 Å². The van der Waals surface area contributed by atoms with Crippen molar-refractivity contribution in [3.05, 3.63) is 76.1 Å². The monoisotopic (exact) mass is 425 g/mol. The standard InChI is InChI=1S/C23H24FN3O4/c1-15(17-8-10-18(24)11-9-17)26(3)21(28)14-31-22(29)12-13-27-16(2)25-20-7-5-4-6-19(20)23(27)30/h4-11,15H,12-14H2,1-3H3/t15-/m1/s1. The number of carbonyl (C=O) groups excluding carboxylic acids is 2. The minimum absolute atomic E-state index is 0.0642. The van der Waals surface area contributed by atoms with Crippen molar-refractivity contribution in [3.8, 4) is 0 Å². The molecule has 2 aromatic carbocycles. The van der Waals surface area contributed by atoms with Crippen LogP contribution in [-0.4, -0.2) is 40.0 Å². The third-order valence-corrected chi connectivity index (χ3v) is 5.28. The number of aromatic nitrogens is 2. The summed E-state index contributed by atoms with van der Waals surface area (Å²) in [5.74, 6) is -0.822. The molecule has 0 unspecified atom stereocenters. The van der Waals surface area contributed by atoms with Crippen LogP contribution in [0.2, 0.25) is 0 Å². The molecule has 31 heavy (non-hydrogen) atoms. The number of carbonyl (C=O) groups is 2. The molecule has 1 amide bonds. The van der Waals surface area contributed by atoms with E-state index in [2.05, 4.69) is 4.98 Å². The summed E-state index contributed by atoms with van der Waals surface area (Å²) >= 11 is 0. The second-order valence-electron chi connectivity index (χ2n) is 7.28. The number of esters is 1. The lowest BCUT2D eigenvalue weighted by Crippen LogP contribution is -2.33. The highest BCUT2D eigenvalue weighted by Crippen LogP contribution is 2.19. The Kier molecular flexibility index (Phi) is 6.79. The van der Waals surface area contributed by atoms with Crippen molar-refractivity contribution < 1.29 is 18.7 Å². The summed E-state index contributed by atoms with van der Waals surface area (Å²) in [5, 5.41) is 0.480. The zero-order valence-electron chi connectivity index (χ0n) is 17.7. The van der Waals surface area contributed by atoms with Crippen molar-refractivity contribution in [2.24, 2.45) is 0 Å². The Balaban J connectivity index is 1.55. The molecule has 0 fully saturated rings. The van der Waals surface area contributed by atoms with Crippen molar-refractivity contribution in [1.82, 2.24) is 14.5 Å². The van der Waals surface area contributed by atoms with Gasteiger partial charge in [-0.3, -0.25) is 19.0 Å². The highest BCUT2D eigenvalue weighted by Gasteiger charge is 2.19. The zero-order chi connectivity index (χ0) is 22.5. The summed E-state index contributed by atoms with van der Waals surface area (Å²) in [4.78, 5) is 43.0. The summed E-state index contributed by atoms with van der Waals surface area (Å²) in [6.45, 7) is 3.20. The summed E-state index contributed by atoms with van der Waals surface area (Å²) in [7, 11) is 1.59. The molecular formula is C23H24FN3O4. The maximum absolute atomic E-state index is 13.1. The quantitative estimate of drug-likeness (QED) is 0.544. The van der Waals surface area contributed by atoms with Crippen LogP contribution in [0.25, 0.3) is 10.9 Å². The molecule has 0 aliphatic rings. The van der Waals surface area contributed by atoms with Gasteiger partial charge in [-0.1, -0.05) is 24.3 Å². The van der Waals surface area contributed by atoms with Gasteiger partial charge in [-0.05, 0) is 43.7 Å². The van der Waals surface area contributed by atoms with Crippen LogP contribution in [0, 0.1) is 12.7 Å². The molecule has 0 N–H and O–H groups in total. The molecular weight excluding hydrogens is 401 g/mol.